The van der Waals surface area contributed by atoms with Crippen molar-refractivity contribution in [3.8, 4) is 0 Å². The van der Waals surface area contributed by atoms with Gasteiger partial charge in [0.1, 0.15) is 5.03 Å². The number of hydrogen-bond donors (Lipinski definition) is 1. The molecule has 0 amide bonds. The van der Waals surface area contributed by atoms with Gasteiger partial charge in [0.15, 0.2) is 0 Å². The Morgan fingerprint density at radius 1 is 1.64 bits per heavy atom. The van der Waals surface area contributed by atoms with Crippen molar-refractivity contribution in [2.75, 3.05) is 5.73 Å². The molecule has 0 bridgehead atoms. The minimum atomic E-state index is 0.585. The minimum absolute atomic E-state index is 0.585. The molecule has 1 rings (SSSR count). The van der Waals surface area contributed by atoms with Crippen LogP contribution in [-0.4, -0.2) is 10.2 Å². The molecule has 1 aromatic heterocycles. The Morgan fingerprint density at radius 2 is 2.29 bits per heavy atom. The Labute approximate surface area is 97.8 Å². The molecular weight excluding hydrogens is 260 g/mol. The van der Waals surface area contributed by atoms with Crippen LogP contribution in [-0.2, 0) is 0 Å². The maximum Gasteiger partial charge on any atom is 0.111 e. The number of nitrogen functional groups attached to an aromatic ring is 1. The lowest BCUT2D eigenvalue weighted by Crippen LogP contribution is -1.98. The molecule has 0 aliphatic rings. The number of anilines is 1. The van der Waals surface area contributed by atoms with Crippen molar-refractivity contribution < 1.29 is 0 Å². The largest absolute Gasteiger partial charge is 0.397 e. The summed E-state index contributed by atoms with van der Waals surface area (Å²) < 4.78 is 1.03. The molecule has 2 nitrogen and oxygen atoms in total. The Hall–Kier alpha value is -0.220. The highest BCUT2D eigenvalue weighted by molar-refractivity contribution is 9.10. The summed E-state index contributed by atoms with van der Waals surface area (Å²) in [5.74, 6) is 0. The maximum absolute atomic E-state index is 5.75. The summed E-state index contributed by atoms with van der Waals surface area (Å²) in [7, 11) is 0. The van der Waals surface area contributed by atoms with E-state index in [2.05, 4.69) is 34.8 Å². The van der Waals surface area contributed by atoms with Crippen LogP contribution in [0.15, 0.2) is 15.7 Å². The molecule has 0 aliphatic heterocycles. The van der Waals surface area contributed by atoms with Gasteiger partial charge in [-0.15, -0.1) is 11.8 Å². The number of hydrogen-bond acceptors (Lipinski definition) is 3. The number of pyridine rings is 1. The first-order chi connectivity index (χ1) is 6.56. The highest BCUT2D eigenvalue weighted by Gasteiger charge is 2.10. The van der Waals surface area contributed by atoms with Crippen LogP contribution in [0.25, 0.3) is 0 Å². The fraction of sp³-hybridized carbons (Fsp3) is 0.500. The molecule has 1 atom stereocenters. The van der Waals surface area contributed by atoms with Gasteiger partial charge >= 0.3 is 0 Å². The van der Waals surface area contributed by atoms with Crippen molar-refractivity contribution in [1.29, 1.82) is 0 Å². The average molecular weight is 275 g/mol. The van der Waals surface area contributed by atoms with Gasteiger partial charge in [0.25, 0.3) is 0 Å². The lowest BCUT2D eigenvalue weighted by molar-refractivity contribution is 0.899. The molecule has 0 radical (unpaired) electrons. The predicted molar refractivity (Wildman–Crippen MR) is 66.7 cm³/mol. The van der Waals surface area contributed by atoms with Crippen LogP contribution in [0.3, 0.4) is 0 Å². The zero-order valence-corrected chi connectivity index (χ0v) is 11.1. The molecule has 2 N–H and O–H groups in total. The number of aromatic nitrogens is 1. The Kier molecular flexibility index (Phi) is 4.26. The Bertz CT molecular complexity index is 328. The van der Waals surface area contributed by atoms with Gasteiger partial charge in [-0.3, -0.25) is 0 Å². The quantitative estimate of drug-likeness (QED) is 0.856. The molecule has 0 aromatic carbocycles. The normalized spacial score (nSPS) is 12.9. The first-order valence-electron chi connectivity index (χ1n) is 4.63. The zero-order chi connectivity index (χ0) is 10.7. The first-order valence-corrected chi connectivity index (χ1v) is 6.30. The van der Waals surface area contributed by atoms with Gasteiger partial charge in [-0.25, -0.2) is 4.98 Å². The van der Waals surface area contributed by atoms with E-state index in [0.29, 0.717) is 5.25 Å². The van der Waals surface area contributed by atoms with Crippen LogP contribution in [0.4, 0.5) is 5.69 Å². The second-order valence-corrected chi connectivity index (χ2v) is 5.51. The first kappa shape index (κ1) is 11.9. The van der Waals surface area contributed by atoms with Gasteiger partial charge in [0, 0.05) is 5.25 Å². The van der Waals surface area contributed by atoms with E-state index in [-0.39, 0.29) is 0 Å². The van der Waals surface area contributed by atoms with E-state index in [1.54, 1.807) is 18.0 Å². The van der Waals surface area contributed by atoms with Gasteiger partial charge in [-0.2, -0.15) is 0 Å². The zero-order valence-electron chi connectivity index (χ0n) is 8.67. The van der Waals surface area contributed by atoms with Crippen molar-refractivity contribution in [3.05, 3.63) is 16.2 Å². The molecule has 4 heteroatoms. The fourth-order valence-corrected chi connectivity index (χ4v) is 2.45. The summed E-state index contributed by atoms with van der Waals surface area (Å²) >= 11 is 5.30. The predicted octanol–water partition coefficient (Wildman–Crippen LogP) is 3.63. The fourth-order valence-electron chi connectivity index (χ4n) is 0.925. The monoisotopic (exact) mass is 274 g/mol. The molecule has 14 heavy (non-hydrogen) atoms. The van der Waals surface area contributed by atoms with Crippen LogP contribution in [0, 0.1) is 6.92 Å². The van der Waals surface area contributed by atoms with E-state index in [4.69, 9.17) is 5.73 Å². The Morgan fingerprint density at radius 3 is 2.86 bits per heavy atom. The molecule has 0 saturated carbocycles. The van der Waals surface area contributed by atoms with E-state index >= 15 is 0 Å². The lowest BCUT2D eigenvalue weighted by Gasteiger charge is -2.11. The number of halogens is 1. The number of nitrogens with two attached hydrogens (primary N) is 1. The highest BCUT2D eigenvalue weighted by Crippen LogP contribution is 2.33. The molecule has 78 valence electrons. The molecule has 1 aromatic rings. The number of nitrogens with zero attached hydrogens (tertiary/aromatic N) is 1. The standard InChI is InChI=1S/C10H15BrN2S/c1-4-6(2)14-10-9(11)7(3)8(12)5-13-10/h5-6H,4,12H2,1-3H3. The van der Waals surface area contributed by atoms with Crippen molar-refractivity contribution in [3.63, 3.8) is 0 Å². The highest BCUT2D eigenvalue weighted by atomic mass is 79.9. The van der Waals surface area contributed by atoms with E-state index < -0.39 is 0 Å². The molecule has 1 heterocycles. The second-order valence-electron chi connectivity index (χ2n) is 3.29. The van der Waals surface area contributed by atoms with Crippen LogP contribution in [0.2, 0.25) is 0 Å². The third-order valence-electron chi connectivity index (χ3n) is 2.16. The van der Waals surface area contributed by atoms with Crippen molar-refractivity contribution in [2.24, 2.45) is 0 Å². The van der Waals surface area contributed by atoms with Crippen molar-refractivity contribution in [1.82, 2.24) is 4.98 Å². The smallest absolute Gasteiger partial charge is 0.111 e. The van der Waals surface area contributed by atoms with Gasteiger partial charge in [0.2, 0.25) is 0 Å². The second kappa shape index (κ2) is 5.03. The number of rotatable bonds is 3. The van der Waals surface area contributed by atoms with Crippen molar-refractivity contribution >= 4 is 33.4 Å². The molecule has 0 aliphatic carbocycles. The van der Waals surface area contributed by atoms with E-state index in [1.807, 2.05) is 6.92 Å². The summed E-state index contributed by atoms with van der Waals surface area (Å²) in [6.45, 7) is 6.38. The Balaban J connectivity index is 2.94. The SMILES string of the molecule is CCC(C)Sc1ncc(N)c(C)c1Br. The summed E-state index contributed by atoms with van der Waals surface area (Å²) in [5, 5.41) is 1.62. The topological polar surface area (TPSA) is 38.9 Å². The van der Waals surface area contributed by atoms with Crippen LogP contribution < -0.4 is 5.73 Å². The average Bonchev–Trinajstić information content (AvgIpc) is 2.19. The molecule has 0 spiro atoms. The van der Waals surface area contributed by atoms with Crippen LogP contribution in [0.5, 0.6) is 0 Å². The summed E-state index contributed by atoms with van der Waals surface area (Å²) in [5.41, 5.74) is 7.57. The van der Waals surface area contributed by atoms with Gasteiger partial charge in [-0.05, 0) is 34.8 Å². The van der Waals surface area contributed by atoms with E-state index in [9.17, 15) is 0 Å². The molecule has 0 saturated heterocycles. The van der Waals surface area contributed by atoms with Gasteiger partial charge in [-0.1, -0.05) is 13.8 Å². The molecule has 1 unspecified atom stereocenters. The third-order valence-corrected chi connectivity index (χ3v) is 4.66. The van der Waals surface area contributed by atoms with E-state index in [1.165, 1.54) is 0 Å². The third kappa shape index (κ3) is 2.64. The number of thioether (sulfide) groups is 1. The minimum Gasteiger partial charge on any atom is -0.397 e. The van der Waals surface area contributed by atoms with Crippen LogP contribution >= 0.6 is 27.7 Å². The van der Waals surface area contributed by atoms with Gasteiger partial charge in [0.05, 0.1) is 16.4 Å². The molecule has 0 fully saturated rings. The summed E-state index contributed by atoms with van der Waals surface area (Å²) in [6.07, 6.45) is 2.87. The maximum atomic E-state index is 5.75. The van der Waals surface area contributed by atoms with Gasteiger partial charge < -0.3 is 5.73 Å². The molecular formula is C10H15BrN2S. The van der Waals surface area contributed by atoms with Crippen molar-refractivity contribution in [2.45, 2.75) is 37.5 Å². The summed E-state index contributed by atoms with van der Waals surface area (Å²) in [6, 6.07) is 0. The summed E-state index contributed by atoms with van der Waals surface area (Å²) in [4.78, 5) is 4.32. The lowest BCUT2D eigenvalue weighted by atomic mass is 10.3. The van der Waals surface area contributed by atoms with E-state index in [0.717, 1.165) is 27.2 Å². The van der Waals surface area contributed by atoms with Crippen LogP contribution in [0.1, 0.15) is 25.8 Å².